The van der Waals surface area contributed by atoms with Crippen molar-refractivity contribution in [2.24, 2.45) is 0 Å². The summed E-state index contributed by atoms with van der Waals surface area (Å²) in [6, 6.07) is 3.99. The number of carboxylic acid groups (broad SMARTS) is 2. The first-order valence-electron chi connectivity index (χ1n) is 11.0. The van der Waals surface area contributed by atoms with Crippen molar-refractivity contribution in [1.82, 2.24) is 25.3 Å². The lowest BCUT2D eigenvalue weighted by molar-refractivity contribution is -0.140. The van der Waals surface area contributed by atoms with Crippen LogP contribution in [0.1, 0.15) is 33.0 Å². The van der Waals surface area contributed by atoms with Crippen LogP contribution < -0.4 is 21.7 Å². The van der Waals surface area contributed by atoms with Crippen molar-refractivity contribution in [2.45, 2.75) is 25.4 Å². The molecule has 0 aliphatic heterocycles. The van der Waals surface area contributed by atoms with E-state index in [9.17, 15) is 19.5 Å². The number of hydrogen-bond donors (Lipinski definition) is 5. The molecule has 0 bridgehead atoms. The summed E-state index contributed by atoms with van der Waals surface area (Å²) >= 11 is 0. The fraction of sp³-hybridized carbons (Fsp3) is 0.250. The van der Waals surface area contributed by atoms with Crippen molar-refractivity contribution in [3.8, 4) is 0 Å². The summed E-state index contributed by atoms with van der Waals surface area (Å²) in [5.74, 6) is -3.41. The Kier molecular flexibility index (Phi) is 5.64. The number of anilines is 3. The van der Waals surface area contributed by atoms with Crippen molar-refractivity contribution >= 4 is 46.5 Å². The monoisotopic (exact) mass is 458 g/mol. The van der Waals surface area contributed by atoms with Crippen LogP contribution in [0, 0.1) is 0 Å². The largest absolute Gasteiger partial charge is 0.481 e. The first-order valence-corrected chi connectivity index (χ1v) is 9.53. The average molecular weight is 458 g/mol. The van der Waals surface area contributed by atoms with E-state index in [2.05, 4.69) is 25.3 Å². The minimum atomic E-state index is -2.60. The number of carboxylic acids is 2. The van der Waals surface area contributed by atoms with Crippen molar-refractivity contribution in [3.63, 3.8) is 0 Å². The molecule has 1 amide bonds. The second-order valence-corrected chi connectivity index (χ2v) is 6.93. The van der Waals surface area contributed by atoms with E-state index in [0.29, 0.717) is 0 Å². The van der Waals surface area contributed by atoms with Gasteiger partial charge in [0.1, 0.15) is 6.04 Å². The Hall–Kier alpha value is -4.55. The van der Waals surface area contributed by atoms with Gasteiger partial charge in [0.25, 0.3) is 5.91 Å². The van der Waals surface area contributed by atoms with Crippen LogP contribution in [-0.2, 0) is 16.1 Å². The van der Waals surface area contributed by atoms with E-state index in [4.69, 9.17) is 20.7 Å². The zero-order valence-electron chi connectivity index (χ0n) is 20.1. The van der Waals surface area contributed by atoms with Gasteiger partial charge in [-0.2, -0.15) is 9.97 Å². The molecule has 1 atom stereocenters. The number of amides is 1. The lowest BCUT2D eigenvalue weighted by Crippen LogP contribution is -2.41. The van der Waals surface area contributed by atoms with Gasteiger partial charge in [0.05, 0.1) is 18.4 Å². The third-order valence-electron chi connectivity index (χ3n) is 4.51. The molecule has 1 aromatic carbocycles. The summed E-state index contributed by atoms with van der Waals surface area (Å²) in [5, 5.41) is 20.2. The minimum Gasteiger partial charge on any atom is -0.481 e. The van der Waals surface area contributed by atoms with Crippen molar-refractivity contribution in [2.75, 3.05) is 23.3 Å². The minimum absolute atomic E-state index is 0.00864. The summed E-state index contributed by atoms with van der Waals surface area (Å²) < 4.78 is 23.8. The summed E-state index contributed by atoms with van der Waals surface area (Å²) in [4.78, 5) is 51.7. The molecular formula is C20H22N8O5. The van der Waals surface area contributed by atoms with Crippen LogP contribution in [0.5, 0.6) is 0 Å². The van der Waals surface area contributed by atoms with Crippen LogP contribution >= 0.6 is 0 Å². The van der Waals surface area contributed by atoms with E-state index in [1.165, 1.54) is 30.5 Å². The van der Waals surface area contributed by atoms with Gasteiger partial charge in [-0.3, -0.25) is 9.59 Å². The highest BCUT2D eigenvalue weighted by atomic mass is 16.4. The smallest absolute Gasteiger partial charge is 0.326 e. The fourth-order valence-corrected chi connectivity index (χ4v) is 2.87. The van der Waals surface area contributed by atoms with Gasteiger partial charge >= 0.3 is 11.9 Å². The van der Waals surface area contributed by atoms with Crippen molar-refractivity contribution < 1.29 is 28.7 Å². The van der Waals surface area contributed by atoms with Gasteiger partial charge in [-0.05, 0) is 30.7 Å². The molecule has 0 saturated carbocycles. The van der Waals surface area contributed by atoms with E-state index in [1.807, 2.05) is 0 Å². The van der Waals surface area contributed by atoms with E-state index in [1.54, 1.807) is 0 Å². The number of fused-ring (bicyclic) bond motifs is 1. The van der Waals surface area contributed by atoms with E-state index in [-0.39, 0.29) is 52.8 Å². The Bertz CT molecular complexity index is 1300. The fourth-order valence-electron chi connectivity index (χ4n) is 2.87. The summed E-state index contributed by atoms with van der Waals surface area (Å²) in [5.41, 5.74) is 12.2. The maximum Gasteiger partial charge on any atom is 0.326 e. The number of carbonyl (C=O) groups excluding carboxylic acids is 1. The Balaban J connectivity index is 1.81. The molecule has 13 nitrogen and oxygen atoms in total. The van der Waals surface area contributed by atoms with E-state index in [0.717, 1.165) is 4.90 Å². The van der Waals surface area contributed by atoms with Crippen molar-refractivity contribution in [1.29, 1.82) is 0 Å². The van der Waals surface area contributed by atoms with Gasteiger partial charge < -0.3 is 31.9 Å². The van der Waals surface area contributed by atoms with Gasteiger partial charge in [0.15, 0.2) is 17.0 Å². The third-order valence-corrected chi connectivity index (χ3v) is 4.51. The van der Waals surface area contributed by atoms with Crippen LogP contribution in [0.15, 0.2) is 30.5 Å². The Morgan fingerprint density at radius 1 is 1.15 bits per heavy atom. The Morgan fingerprint density at radius 3 is 2.52 bits per heavy atom. The highest BCUT2D eigenvalue weighted by Crippen LogP contribution is 2.19. The molecule has 0 aliphatic carbocycles. The molecule has 2 aromatic heterocycles. The number of nitrogens with one attached hydrogen (secondary N) is 1. The molecular weight excluding hydrogens is 433 g/mol. The molecule has 172 valence electrons. The number of nitrogens with zero attached hydrogens (tertiary/aromatic N) is 5. The van der Waals surface area contributed by atoms with Gasteiger partial charge in [-0.15, -0.1) is 0 Å². The number of nitrogen functional groups attached to an aromatic ring is 2. The number of hydrogen-bond acceptors (Lipinski definition) is 10. The molecule has 0 fully saturated rings. The number of aliphatic carboxylic acids is 2. The molecule has 33 heavy (non-hydrogen) atoms. The van der Waals surface area contributed by atoms with E-state index < -0.39 is 37.3 Å². The number of carbonyl (C=O) groups is 3. The van der Waals surface area contributed by atoms with Gasteiger partial charge in [-0.25, -0.2) is 14.8 Å². The molecule has 2 heterocycles. The zero-order chi connectivity index (χ0) is 26.6. The molecule has 0 saturated heterocycles. The quantitative estimate of drug-likeness (QED) is 0.273. The van der Waals surface area contributed by atoms with Crippen LogP contribution in [-0.4, -0.2) is 61.0 Å². The highest BCUT2D eigenvalue weighted by Gasteiger charge is 2.21. The molecule has 3 aromatic rings. The maximum absolute atomic E-state index is 12.5. The SMILES string of the molecule is [2H][13C]([2H])([2H])N(Cc1cnc2nc(N)nc(N)c2n1)c1ccc(C(=O)N[C@@H](CCC(=O)O)C(=O)O)cc1. The molecule has 13 heteroatoms. The number of rotatable bonds is 9. The summed E-state index contributed by atoms with van der Waals surface area (Å²) in [6.45, 7) is -2.81. The maximum atomic E-state index is 12.5. The Morgan fingerprint density at radius 2 is 1.88 bits per heavy atom. The lowest BCUT2D eigenvalue weighted by Gasteiger charge is -2.19. The van der Waals surface area contributed by atoms with E-state index >= 15 is 0 Å². The first kappa shape index (κ1) is 19.2. The van der Waals surface area contributed by atoms with Crippen LogP contribution in [0.2, 0.25) is 0 Å². The second kappa shape index (κ2) is 9.72. The zero-order valence-corrected chi connectivity index (χ0v) is 17.1. The number of benzene rings is 1. The summed E-state index contributed by atoms with van der Waals surface area (Å²) in [6.07, 6.45) is 0.598. The molecule has 0 spiro atoms. The molecule has 3 rings (SSSR count). The van der Waals surface area contributed by atoms with Gasteiger partial charge in [0.2, 0.25) is 5.95 Å². The Labute approximate surface area is 191 Å². The van der Waals surface area contributed by atoms with Gasteiger partial charge in [-0.1, -0.05) is 0 Å². The van der Waals surface area contributed by atoms with Crippen LogP contribution in [0.25, 0.3) is 11.2 Å². The predicted molar refractivity (Wildman–Crippen MR) is 118 cm³/mol. The van der Waals surface area contributed by atoms with Crippen LogP contribution in [0.3, 0.4) is 0 Å². The van der Waals surface area contributed by atoms with Crippen molar-refractivity contribution in [3.05, 3.63) is 41.7 Å². The average Bonchev–Trinajstić information content (AvgIpc) is 2.79. The second-order valence-electron chi connectivity index (χ2n) is 6.93. The number of aromatic nitrogens is 4. The lowest BCUT2D eigenvalue weighted by atomic mass is 10.1. The highest BCUT2D eigenvalue weighted by molar-refractivity contribution is 5.97. The molecule has 7 N–H and O–H groups in total. The topological polar surface area (TPSA) is 211 Å². The molecule has 0 radical (unpaired) electrons. The summed E-state index contributed by atoms with van der Waals surface area (Å²) in [7, 11) is 0. The van der Waals surface area contributed by atoms with Crippen LogP contribution in [0.4, 0.5) is 17.5 Å². The first-order chi connectivity index (χ1) is 16.8. The third kappa shape index (κ3) is 5.78. The van der Waals surface area contributed by atoms with Gasteiger partial charge in [0, 0.05) is 28.8 Å². The molecule has 0 unspecified atom stereocenters. The number of nitrogens with two attached hydrogens (primary N) is 2. The molecule has 0 aliphatic rings. The normalized spacial score (nSPS) is 13.4. The standard InChI is InChI=1S/C20H22N8O5/c1-28(9-11-8-23-17-15(24-11)16(21)26-20(22)27-17)12-4-2-10(3-5-12)18(31)25-13(19(32)33)6-7-14(29)30/h2-5,8,13H,6-7,9H2,1H3,(H,25,31)(H,29,30)(H,32,33)(H4,21,22,23,26,27)/t13-/m0/s1/i1+1D3. The predicted octanol–water partition coefficient (Wildman–Crippen LogP) is 0.268.